The first kappa shape index (κ1) is 22.3. The number of carbonyl (C=O) groups is 2. The molecule has 6 heteroatoms. The summed E-state index contributed by atoms with van der Waals surface area (Å²) in [7, 11) is 0. The number of aryl methyl sites for hydroxylation is 1. The molecule has 3 aromatic carbocycles. The van der Waals surface area contributed by atoms with Crippen LogP contribution < -0.4 is 11.1 Å². The molecule has 0 fully saturated rings. The zero-order valence-corrected chi connectivity index (χ0v) is 19.1. The molecule has 164 valence electrons. The molecule has 0 radical (unpaired) electrons. The van der Waals surface area contributed by atoms with E-state index >= 15 is 0 Å². The van der Waals surface area contributed by atoms with Crippen LogP contribution in [0.1, 0.15) is 26.3 Å². The number of primary amides is 1. The number of anilines is 1. The van der Waals surface area contributed by atoms with E-state index in [0.717, 1.165) is 32.8 Å². The number of thioether (sulfide) groups is 1. The Kier molecular flexibility index (Phi) is 6.56. The van der Waals surface area contributed by atoms with E-state index in [1.54, 1.807) is 30.1 Å². The van der Waals surface area contributed by atoms with Gasteiger partial charge in [0.05, 0.1) is 5.69 Å². The van der Waals surface area contributed by atoms with Crippen LogP contribution in [0, 0.1) is 6.92 Å². The Morgan fingerprint density at radius 1 is 0.909 bits per heavy atom. The van der Waals surface area contributed by atoms with E-state index in [9.17, 15) is 9.59 Å². The van der Waals surface area contributed by atoms with Gasteiger partial charge in [-0.15, -0.1) is 11.8 Å². The smallest absolute Gasteiger partial charge is 0.256 e. The quantitative estimate of drug-likeness (QED) is 0.362. The lowest BCUT2D eigenvalue weighted by Crippen LogP contribution is -2.14. The summed E-state index contributed by atoms with van der Waals surface area (Å²) >= 11 is 1.60. The second-order valence-corrected chi connectivity index (χ2v) is 8.44. The van der Waals surface area contributed by atoms with Crippen LogP contribution in [0.3, 0.4) is 0 Å². The fourth-order valence-corrected chi connectivity index (χ4v) is 4.12. The molecule has 0 aliphatic carbocycles. The number of amides is 2. The number of nitrogens with one attached hydrogen (secondary N) is 1. The van der Waals surface area contributed by atoms with Gasteiger partial charge in [-0.3, -0.25) is 14.6 Å². The zero-order valence-electron chi connectivity index (χ0n) is 18.3. The molecule has 4 rings (SSSR count). The van der Waals surface area contributed by atoms with Gasteiger partial charge in [-0.05, 0) is 84.5 Å². The molecule has 0 aliphatic heterocycles. The van der Waals surface area contributed by atoms with Crippen molar-refractivity contribution in [2.75, 3.05) is 11.6 Å². The SMILES string of the molecule is CSc1ccc(C(=O)Nc2cccc(-c3ccccn3)c2)c(-c2ccc(C(N)=O)cc2C)c1. The van der Waals surface area contributed by atoms with Gasteiger partial charge in [0.15, 0.2) is 0 Å². The van der Waals surface area contributed by atoms with Gasteiger partial charge in [-0.1, -0.05) is 24.3 Å². The lowest BCUT2D eigenvalue weighted by molar-refractivity contribution is 0.0997. The molecular weight excluding hydrogens is 430 g/mol. The highest BCUT2D eigenvalue weighted by molar-refractivity contribution is 7.98. The number of rotatable bonds is 6. The van der Waals surface area contributed by atoms with E-state index in [0.29, 0.717) is 16.8 Å². The maximum absolute atomic E-state index is 13.3. The lowest BCUT2D eigenvalue weighted by Gasteiger charge is -2.15. The van der Waals surface area contributed by atoms with Crippen molar-refractivity contribution in [3.63, 3.8) is 0 Å². The predicted molar refractivity (Wildman–Crippen MR) is 135 cm³/mol. The maximum Gasteiger partial charge on any atom is 0.256 e. The molecule has 0 aliphatic rings. The monoisotopic (exact) mass is 453 g/mol. The van der Waals surface area contributed by atoms with Crippen molar-refractivity contribution < 1.29 is 9.59 Å². The molecule has 5 nitrogen and oxygen atoms in total. The molecule has 33 heavy (non-hydrogen) atoms. The molecule has 1 aromatic heterocycles. The number of hydrogen-bond acceptors (Lipinski definition) is 4. The summed E-state index contributed by atoms with van der Waals surface area (Å²) in [5, 5.41) is 3.02. The van der Waals surface area contributed by atoms with Crippen LogP contribution >= 0.6 is 11.8 Å². The molecule has 2 amide bonds. The first-order chi connectivity index (χ1) is 16.0. The van der Waals surface area contributed by atoms with E-state index in [4.69, 9.17) is 5.73 Å². The molecule has 4 aromatic rings. The van der Waals surface area contributed by atoms with Crippen molar-refractivity contribution in [1.29, 1.82) is 0 Å². The number of hydrogen-bond donors (Lipinski definition) is 2. The normalized spacial score (nSPS) is 10.6. The largest absolute Gasteiger partial charge is 0.366 e. The molecule has 0 spiro atoms. The minimum absolute atomic E-state index is 0.214. The molecule has 0 saturated carbocycles. The van der Waals surface area contributed by atoms with Crippen LogP contribution in [0.15, 0.2) is 90.0 Å². The number of nitrogens with two attached hydrogens (primary N) is 1. The van der Waals surface area contributed by atoms with Gasteiger partial charge < -0.3 is 11.1 Å². The topological polar surface area (TPSA) is 85.1 Å². The average Bonchev–Trinajstić information content (AvgIpc) is 2.84. The minimum atomic E-state index is -0.478. The molecule has 0 bridgehead atoms. The Labute approximate surface area is 197 Å². The van der Waals surface area contributed by atoms with Crippen molar-refractivity contribution in [2.45, 2.75) is 11.8 Å². The van der Waals surface area contributed by atoms with Crippen molar-refractivity contribution >= 4 is 29.3 Å². The molecule has 0 atom stereocenters. The maximum atomic E-state index is 13.3. The molecular formula is C27H23N3O2S. The van der Waals surface area contributed by atoms with Crippen LogP contribution in [0.5, 0.6) is 0 Å². The van der Waals surface area contributed by atoms with Gasteiger partial charge >= 0.3 is 0 Å². The average molecular weight is 454 g/mol. The Balaban J connectivity index is 1.70. The highest BCUT2D eigenvalue weighted by Crippen LogP contribution is 2.32. The van der Waals surface area contributed by atoms with Crippen LogP contribution in [-0.4, -0.2) is 23.1 Å². The van der Waals surface area contributed by atoms with Crippen molar-refractivity contribution in [1.82, 2.24) is 4.98 Å². The van der Waals surface area contributed by atoms with E-state index in [1.807, 2.05) is 79.9 Å². The summed E-state index contributed by atoms with van der Waals surface area (Å²) in [6.45, 7) is 1.91. The molecule has 0 unspecified atom stereocenters. The predicted octanol–water partition coefficient (Wildman–Crippen LogP) is 5.80. The number of nitrogens with zero attached hydrogens (tertiary/aromatic N) is 1. The van der Waals surface area contributed by atoms with Gasteiger partial charge in [0.25, 0.3) is 5.91 Å². The minimum Gasteiger partial charge on any atom is -0.366 e. The standard InChI is InChI=1S/C27H23N3O2S/c1-17-14-19(26(28)31)9-11-22(17)24-16-21(33-2)10-12-23(24)27(32)30-20-7-5-6-18(15-20)25-8-3-4-13-29-25/h3-16H,1-2H3,(H2,28,31)(H,30,32). The Morgan fingerprint density at radius 2 is 1.76 bits per heavy atom. The third-order valence-corrected chi connectivity index (χ3v) is 6.08. The second-order valence-electron chi connectivity index (χ2n) is 7.56. The van der Waals surface area contributed by atoms with Crippen molar-refractivity contribution in [3.05, 3.63) is 102 Å². The van der Waals surface area contributed by atoms with E-state index in [1.165, 1.54) is 0 Å². The first-order valence-corrected chi connectivity index (χ1v) is 11.6. The summed E-state index contributed by atoms with van der Waals surface area (Å²) in [5.41, 5.74) is 11.4. The van der Waals surface area contributed by atoms with Gasteiger partial charge in [-0.2, -0.15) is 0 Å². The summed E-state index contributed by atoms with van der Waals surface area (Å²) in [4.78, 5) is 30.3. The van der Waals surface area contributed by atoms with Crippen LogP contribution in [-0.2, 0) is 0 Å². The van der Waals surface area contributed by atoms with Crippen LogP contribution in [0.4, 0.5) is 5.69 Å². The number of pyridine rings is 1. The Bertz CT molecular complexity index is 1340. The van der Waals surface area contributed by atoms with E-state index in [-0.39, 0.29) is 5.91 Å². The summed E-state index contributed by atoms with van der Waals surface area (Å²) in [5.74, 6) is -0.692. The number of benzene rings is 3. The zero-order chi connectivity index (χ0) is 23.4. The van der Waals surface area contributed by atoms with Gasteiger partial charge in [0.1, 0.15) is 0 Å². The van der Waals surface area contributed by atoms with Crippen molar-refractivity contribution in [2.24, 2.45) is 5.73 Å². The fraction of sp³-hybridized carbons (Fsp3) is 0.0741. The lowest BCUT2D eigenvalue weighted by atomic mass is 9.94. The number of aromatic nitrogens is 1. The van der Waals surface area contributed by atoms with Gasteiger partial charge in [0.2, 0.25) is 5.91 Å². The van der Waals surface area contributed by atoms with Gasteiger partial charge in [-0.25, -0.2) is 0 Å². The fourth-order valence-electron chi connectivity index (χ4n) is 3.68. The summed E-state index contributed by atoms with van der Waals surface area (Å²) < 4.78 is 0. The van der Waals surface area contributed by atoms with Crippen molar-refractivity contribution in [3.8, 4) is 22.4 Å². The van der Waals surface area contributed by atoms with E-state index < -0.39 is 5.91 Å². The van der Waals surface area contributed by atoms with Gasteiger partial charge in [0, 0.05) is 33.5 Å². The van der Waals surface area contributed by atoms with E-state index in [2.05, 4.69) is 10.3 Å². The highest BCUT2D eigenvalue weighted by Gasteiger charge is 2.17. The third-order valence-electron chi connectivity index (χ3n) is 5.35. The molecule has 1 heterocycles. The highest BCUT2D eigenvalue weighted by atomic mass is 32.2. The summed E-state index contributed by atoms with van der Waals surface area (Å²) in [6, 6.07) is 24.4. The Morgan fingerprint density at radius 3 is 2.45 bits per heavy atom. The third kappa shape index (κ3) is 4.96. The second kappa shape index (κ2) is 9.71. The molecule has 3 N–H and O–H groups in total. The Hall–Kier alpha value is -3.90. The van der Waals surface area contributed by atoms with Crippen LogP contribution in [0.25, 0.3) is 22.4 Å². The van der Waals surface area contributed by atoms with Crippen LogP contribution in [0.2, 0.25) is 0 Å². The number of carbonyl (C=O) groups excluding carboxylic acids is 2. The first-order valence-electron chi connectivity index (χ1n) is 10.4. The molecule has 0 saturated heterocycles. The summed E-state index contributed by atoms with van der Waals surface area (Å²) in [6.07, 6.45) is 3.73.